The molecule has 0 spiro atoms. The van der Waals surface area contributed by atoms with Gasteiger partial charge in [-0.15, -0.1) is 0 Å². The first kappa shape index (κ1) is 16.5. The predicted molar refractivity (Wildman–Crippen MR) is 85.5 cm³/mol. The normalized spacial score (nSPS) is 26.7. The van der Waals surface area contributed by atoms with E-state index in [2.05, 4.69) is 19.2 Å². The Morgan fingerprint density at radius 3 is 2.24 bits per heavy atom. The van der Waals surface area contributed by atoms with Gasteiger partial charge in [-0.2, -0.15) is 0 Å². The second-order valence-corrected chi connectivity index (χ2v) is 7.87. The summed E-state index contributed by atoms with van der Waals surface area (Å²) in [5.41, 5.74) is 1.13. The molecule has 1 aliphatic rings. The summed E-state index contributed by atoms with van der Waals surface area (Å²) in [6.07, 6.45) is 4.87. The lowest BCUT2D eigenvalue weighted by molar-refractivity contribution is 0.210. The number of rotatable bonds is 5. The zero-order valence-electron chi connectivity index (χ0n) is 12.9. The molecular weight excluding hydrogens is 284 g/mol. The highest BCUT2D eigenvalue weighted by atomic mass is 32.2. The summed E-state index contributed by atoms with van der Waals surface area (Å²) in [6.45, 7) is 5.58. The van der Waals surface area contributed by atoms with Crippen LogP contribution in [-0.2, 0) is 16.4 Å². The van der Waals surface area contributed by atoms with Gasteiger partial charge in [-0.25, -0.2) is 13.6 Å². The third kappa shape index (κ3) is 4.53. The van der Waals surface area contributed by atoms with Gasteiger partial charge < -0.3 is 5.32 Å². The molecule has 2 unspecified atom stereocenters. The van der Waals surface area contributed by atoms with Crippen LogP contribution in [0.15, 0.2) is 29.2 Å². The monoisotopic (exact) mass is 310 g/mol. The van der Waals surface area contributed by atoms with Gasteiger partial charge in [-0.1, -0.05) is 32.4 Å². The highest BCUT2D eigenvalue weighted by Gasteiger charge is 2.26. The fourth-order valence-electron chi connectivity index (χ4n) is 3.31. The third-order valence-electron chi connectivity index (χ3n) is 4.59. The van der Waals surface area contributed by atoms with E-state index in [9.17, 15) is 8.42 Å². The van der Waals surface area contributed by atoms with Gasteiger partial charge in [-0.3, -0.25) is 0 Å². The molecule has 4 nitrogen and oxygen atoms in total. The topological polar surface area (TPSA) is 72.2 Å². The zero-order valence-corrected chi connectivity index (χ0v) is 13.7. The Labute approximate surface area is 128 Å². The Balaban J connectivity index is 1.86. The van der Waals surface area contributed by atoms with Crippen LogP contribution in [0.5, 0.6) is 0 Å². The van der Waals surface area contributed by atoms with Crippen LogP contribution in [0.1, 0.15) is 38.7 Å². The van der Waals surface area contributed by atoms with Crippen molar-refractivity contribution in [1.29, 1.82) is 0 Å². The molecule has 1 fully saturated rings. The summed E-state index contributed by atoms with van der Waals surface area (Å²) in [6, 6.07) is 7.44. The number of nitrogens with one attached hydrogen (secondary N) is 1. The minimum atomic E-state index is -3.59. The van der Waals surface area contributed by atoms with Gasteiger partial charge in [0.25, 0.3) is 0 Å². The van der Waals surface area contributed by atoms with Crippen molar-refractivity contribution in [2.45, 2.75) is 50.5 Å². The first-order valence-electron chi connectivity index (χ1n) is 7.73. The van der Waals surface area contributed by atoms with E-state index in [-0.39, 0.29) is 4.90 Å². The molecule has 2 rings (SSSR count). The highest BCUT2D eigenvalue weighted by Crippen LogP contribution is 2.28. The molecule has 118 valence electrons. The van der Waals surface area contributed by atoms with Crippen molar-refractivity contribution in [2.75, 3.05) is 6.54 Å². The van der Waals surface area contributed by atoms with Crippen LogP contribution in [-0.4, -0.2) is 21.0 Å². The second kappa shape index (κ2) is 6.90. The maximum atomic E-state index is 11.2. The Hall–Kier alpha value is -0.910. The number of primary sulfonamides is 1. The molecule has 0 amide bonds. The SMILES string of the molecule is CC1CCCC(C)C1NCCc1ccc(S(N)(=O)=O)cc1. The molecule has 0 aromatic heterocycles. The summed E-state index contributed by atoms with van der Waals surface area (Å²) >= 11 is 0. The molecule has 0 radical (unpaired) electrons. The zero-order chi connectivity index (χ0) is 15.5. The first-order chi connectivity index (χ1) is 9.88. The first-order valence-corrected chi connectivity index (χ1v) is 9.27. The molecule has 5 heteroatoms. The van der Waals surface area contributed by atoms with Gasteiger partial charge in [0.05, 0.1) is 4.90 Å². The van der Waals surface area contributed by atoms with E-state index in [4.69, 9.17) is 5.14 Å². The van der Waals surface area contributed by atoms with E-state index < -0.39 is 10.0 Å². The molecule has 0 aliphatic heterocycles. The fraction of sp³-hybridized carbons (Fsp3) is 0.625. The largest absolute Gasteiger partial charge is 0.313 e. The lowest BCUT2D eigenvalue weighted by Crippen LogP contribution is -2.43. The van der Waals surface area contributed by atoms with Crippen molar-refractivity contribution in [3.63, 3.8) is 0 Å². The van der Waals surface area contributed by atoms with Crippen LogP contribution < -0.4 is 10.5 Å². The Bertz CT molecular complexity index is 544. The van der Waals surface area contributed by atoms with Gasteiger partial charge in [0.2, 0.25) is 10.0 Å². The third-order valence-corrected chi connectivity index (χ3v) is 5.52. The van der Waals surface area contributed by atoms with Gasteiger partial charge in [0.1, 0.15) is 0 Å². The summed E-state index contributed by atoms with van der Waals surface area (Å²) in [5, 5.41) is 8.77. The number of nitrogens with two attached hydrogens (primary N) is 1. The fourth-order valence-corrected chi connectivity index (χ4v) is 3.83. The van der Waals surface area contributed by atoms with Crippen molar-refractivity contribution in [3.8, 4) is 0 Å². The van der Waals surface area contributed by atoms with Crippen LogP contribution in [0.2, 0.25) is 0 Å². The number of benzene rings is 1. The minimum Gasteiger partial charge on any atom is -0.313 e. The van der Waals surface area contributed by atoms with Crippen molar-refractivity contribution >= 4 is 10.0 Å². The highest BCUT2D eigenvalue weighted by molar-refractivity contribution is 7.89. The van der Waals surface area contributed by atoms with Gasteiger partial charge in [-0.05, 0) is 55.3 Å². The van der Waals surface area contributed by atoms with E-state index in [1.807, 2.05) is 12.1 Å². The second-order valence-electron chi connectivity index (χ2n) is 6.30. The van der Waals surface area contributed by atoms with E-state index in [0.717, 1.165) is 30.4 Å². The van der Waals surface area contributed by atoms with Gasteiger partial charge in [0, 0.05) is 6.04 Å². The number of sulfonamides is 1. The average molecular weight is 310 g/mol. The van der Waals surface area contributed by atoms with E-state index >= 15 is 0 Å². The Morgan fingerprint density at radius 1 is 1.14 bits per heavy atom. The Kier molecular flexibility index (Phi) is 5.41. The molecular formula is C16H26N2O2S. The van der Waals surface area contributed by atoms with E-state index in [1.54, 1.807) is 12.1 Å². The maximum Gasteiger partial charge on any atom is 0.238 e. The lowest BCUT2D eigenvalue weighted by Gasteiger charge is -2.35. The van der Waals surface area contributed by atoms with Crippen LogP contribution in [0.4, 0.5) is 0 Å². The van der Waals surface area contributed by atoms with Crippen molar-refractivity contribution < 1.29 is 8.42 Å². The quantitative estimate of drug-likeness (QED) is 0.876. The smallest absolute Gasteiger partial charge is 0.238 e. The average Bonchev–Trinajstić information content (AvgIpc) is 2.42. The molecule has 0 heterocycles. The summed E-state index contributed by atoms with van der Waals surface area (Å²) in [4.78, 5) is 0.175. The maximum absolute atomic E-state index is 11.2. The standard InChI is InChI=1S/C16H26N2O2S/c1-12-4-3-5-13(2)16(12)18-11-10-14-6-8-15(9-7-14)21(17,19)20/h6-9,12-13,16,18H,3-5,10-11H2,1-2H3,(H2,17,19,20). The van der Waals surface area contributed by atoms with Crippen molar-refractivity contribution in [2.24, 2.45) is 17.0 Å². The van der Waals surface area contributed by atoms with Crippen LogP contribution in [0.25, 0.3) is 0 Å². The summed E-state index contributed by atoms with van der Waals surface area (Å²) in [5.74, 6) is 1.47. The molecule has 1 aromatic rings. The van der Waals surface area contributed by atoms with Gasteiger partial charge >= 0.3 is 0 Å². The summed E-state index contributed by atoms with van der Waals surface area (Å²) in [7, 11) is -3.59. The molecule has 1 aliphatic carbocycles. The molecule has 0 bridgehead atoms. The molecule has 1 saturated carbocycles. The molecule has 2 atom stereocenters. The number of hydrogen-bond donors (Lipinski definition) is 2. The Morgan fingerprint density at radius 2 is 1.71 bits per heavy atom. The van der Waals surface area contributed by atoms with Crippen molar-refractivity contribution in [1.82, 2.24) is 5.32 Å². The van der Waals surface area contributed by atoms with E-state index in [1.165, 1.54) is 19.3 Å². The molecule has 21 heavy (non-hydrogen) atoms. The number of hydrogen-bond acceptors (Lipinski definition) is 3. The molecule has 3 N–H and O–H groups in total. The summed E-state index contributed by atoms with van der Waals surface area (Å²) < 4.78 is 22.4. The molecule has 0 saturated heterocycles. The van der Waals surface area contributed by atoms with Crippen LogP contribution >= 0.6 is 0 Å². The lowest BCUT2D eigenvalue weighted by atomic mass is 9.78. The minimum absolute atomic E-state index is 0.175. The van der Waals surface area contributed by atoms with Crippen molar-refractivity contribution in [3.05, 3.63) is 29.8 Å². The predicted octanol–water partition coefficient (Wildman–Crippen LogP) is 2.29. The van der Waals surface area contributed by atoms with Crippen LogP contribution in [0, 0.1) is 11.8 Å². The molecule has 1 aromatic carbocycles. The van der Waals surface area contributed by atoms with Gasteiger partial charge in [0.15, 0.2) is 0 Å². The van der Waals surface area contributed by atoms with Crippen LogP contribution in [0.3, 0.4) is 0 Å². The van der Waals surface area contributed by atoms with E-state index in [0.29, 0.717) is 6.04 Å².